The predicted molar refractivity (Wildman–Crippen MR) is 65.3 cm³/mol. The van der Waals surface area contributed by atoms with Gasteiger partial charge in [0.1, 0.15) is 0 Å². The third-order valence-electron chi connectivity index (χ3n) is 2.40. The average Bonchev–Trinajstić information content (AvgIpc) is 2.71. The highest BCUT2D eigenvalue weighted by molar-refractivity contribution is 8.03. The third-order valence-corrected chi connectivity index (χ3v) is 3.53. The van der Waals surface area contributed by atoms with Crippen LogP contribution in [0.2, 0.25) is 0 Å². The fourth-order valence-corrected chi connectivity index (χ4v) is 2.63. The van der Waals surface area contributed by atoms with Crippen molar-refractivity contribution in [3.05, 3.63) is 11.6 Å². The van der Waals surface area contributed by atoms with Crippen molar-refractivity contribution in [3.63, 3.8) is 0 Å². The van der Waals surface area contributed by atoms with Crippen LogP contribution < -0.4 is 5.32 Å². The molecule has 0 bridgehead atoms. The summed E-state index contributed by atoms with van der Waals surface area (Å²) in [5.74, 6) is -0.872. The molecule has 0 spiro atoms. The predicted octanol–water partition coefficient (Wildman–Crippen LogP) is 1.33. The standard InChI is InChI=1S/C10H16N2O5S/c1-16-9(15)11-10(5-3-4-8(13)14)12(17-2)6-7-18-10/h6-7H,3-5H2,1-2H3,(H,11,15)(H,13,14). The Hall–Kier alpha value is -1.41. The normalized spacial score (nSPS) is 22.0. The van der Waals surface area contributed by atoms with E-state index in [1.807, 2.05) is 0 Å². The molecule has 0 aromatic carbocycles. The molecule has 8 heteroatoms. The summed E-state index contributed by atoms with van der Waals surface area (Å²) >= 11 is 1.33. The Bertz CT molecular complexity index is 349. The number of carboxylic acid groups (broad SMARTS) is 1. The first-order valence-electron chi connectivity index (χ1n) is 5.30. The highest BCUT2D eigenvalue weighted by Crippen LogP contribution is 2.38. The summed E-state index contributed by atoms with van der Waals surface area (Å²) in [5, 5.41) is 14.5. The van der Waals surface area contributed by atoms with E-state index in [2.05, 4.69) is 10.1 Å². The van der Waals surface area contributed by atoms with E-state index in [9.17, 15) is 9.59 Å². The van der Waals surface area contributed by atoms with Crippen LogP contribution in [0, 0.1) is 0 Å². The molecule has 1 aliphatic heterocycles. The SMILES string of the molecule is COC(=O)NC1(CCCC(=O)O)SC=CN1OC. The van der Waals surface area contributed by atoms with Crippen LogP contribution in [-0.2, 0) is 14.4 Å². The molecule has 18 heavy (non-hydrogen) atoms. The fourth-order valence-electron chi connectivity index (χ4n) is 1.58. The second-order valence-corrected chi connectivity index (χ2v) is 4.74. The number of alkyl carbamates (subject to hydrolysis) is 1. The van der Waals surface area contributed by atoms with Crippen LogP contribution in [0.1, 0.15) is 19.3 Å². The zero-order chi connectivity index (χ0) is 13.6. The maximum Gasteiger partial charge on any atom is 0.409 e. The zero-order valence-electron chi connectivity index (χ0n) is 10.2. The second-order valence-electron chi connectivity index (χ2n) is 3.56. The summed E-state index contributed by atoms with van der Waals surface area (Å²) in [7, 11) is 2.74. The van der Waals surface area contributed by atoms with Crippen molar-refractivity contribution in [2.45, 2.75) is 24.3 Å². The van der Waals surface area contributed by atoms with Crippen molar-refractivity contribution in [2.75, 3.05) is 14.2 Å². The highest BCUT2D eigenvalue weighted by atomic mass is 32.2. The van der Waals surface area contributed by atoms with Crippen LogP contribution in [0.5, 0.6) is 0 Å². The Morgan fingerprint density at radius 3 is 2.78 bits per heavy atom. The minimum absolute atomic E-state index is 0.0305. The first-order valence-corrected chi connectivity index (χ1v) is 6.18. The number of hydroxylamine groups is 2. The molecule has 2 N–H and O–H groups in total. The van der Waals surface area contributed by atoms with E-state index in [-0.39, 0.29) is 6.42 Å². The summed E-state index contributed by atoms with van der Waals surface area (Å²) in [5.41, 5.74) is 0. The zero-order valence-corrected chi connectivity index (χ0v) is 11.0. The largest absolute Gasteiger partial charge is 0.481 e. The summed E-state index contributed by atoms with van der Waals surface area (Å²) < 4.78 is 4.57. The maximum atomic E-state index is 11.4. The molecular formula is C10H16N2O5S. The molecule has 102 valence electrons. The molecule has 1 unspecified atom stereocenters. The Morgan fingerprint density at radius 1 is 1.50 bits per heavy atom. The molecule has 0 aliphatic carbocycles. The van der Waals surface area contributed by atoms with Crippen LogP contribution in [-0.4, -0.2) is 41.4 Å². The molecule has 0 saturated heterocycles. The van der Waals surface area contributed by atoms with E-state index in [1.54, 1.807) is 11.6 Å². The van der Waals surface area contributed by atoms with E-state index in [1.165, 1.54) is 31.0 Å². The van der Waals surface area contributed by atoms with E-state index >= 15 is 0 Å². The van der Waals surface area contributed by atoms with Crippen LogP contribution in [0.15, 0.2) is 11.6 Å². The number of rotatable bonds is 6. The molecule has 0 radical (unpaired) electrons. The first kappa shape index (κ1) is 14.7. The fraction of sp³-hybridized carbons (Fsp3) is 0.600. The van der Waals surface area contributed by atoms with Gasteiger partial charge in [0.25, 0.3) is 0 Å². The van der Waals surface area contributed by atoms with Gasteiger partial charge in [-0.05, 0) is 11.8 Å². The number of nitrogens with zero attached hydrogens (tertiary/aromatic N) is 1. The van der Waals surface area contributed by atoms with Gasteiger partial charge in [-0.25, -0.2) is 9.86 Å². The van der Waals surface area contributed by atoms with Crippen LogP contribution >= 0.6 is 11.8 Å². The number of amides is 1. The Balaban J connectivity index is 2.68. The molecule has 7 nitrogen and oxygen atoms in total. The molecule has 0 aromatic rings. The van der Waals surface area contributed by atoms with E-state index < -0.39 is 17.1 Å². The van der Waals surface area contributed by atoms with E-state index in [4.69, 9.17) is 9.94 Å². The number of methoxy groups -OCH3 is 1. The van der Waals surface area contributed by atoms with Gasteiger partial charge in [0.05, 0.1) is 14.2 Å². The smallest absolute Gasteiger partial charge is 0.409 e. The van der Waals surface area contributed by atoms with Gasteiger partial charge in [-0.3, -0.25) is 14.9 Å². The number of carboxylic acids is 1. The lowest BCUT2D eigenvalue weighted by atomic mass is 10.2. The van der Waals surface area contributed by atoms with Gasteiger partial charge in [-0.1, -0.05) is 11.8 Å². The number of nitrogens with one attached hydrogen (secondary N) is 1. The summed E-state index contributed by atoms with van der Waals surface area (Å²) in [6.45, 7) is 0. The van der Waals surface area contributed by atoms with Crippen molar-refractivity contribution < 1.29 is 24.3 Å². The number of aliphatic carboxylic acids is 1. The number of hydrogen-bond donors (Lipinski definition) is 2. The summed E-state index contributed by atoms with van der Waals surface area (Å²) in [6, 6.07) is 0. The van der Waals surface area contributed by atoms with Gasteiger partial charge in [-0.15, -0.1) is 0 Å². The minimum Gasteiger partial charge on any atom is -0.481 e. The van der Waals surface area contributed by atoms with Gasteiger partial charge in [-0.2, -0.15) is 0 Å². The molecule has 1 amide bonds. The highest BCUT2D eigenvalue weighted by Gasteiger charge is 2.41. The molecule has 1 aliphatic rings. The van der Waals surface area contributed by atoms with Crippen molar-refractivity contribution >= 4 is 23.8 Å². The summed E-state index contributed by atoms with van der Waals surface area (Å²) in [4.78, 5) is 26.2. The van der Waals surface area contributed by atoms with Crippen molar-refractivity contribution in [1.29, 1.82) is 0 Å². The van der Waals surface area contributed by atoms with Crippen molar-refractivity contribution in [2.24, 2.45) is 0 Å². The van der Waals surface area contributed by atoms with Crippen LogP contribution in [0.3, 0.4) is 0 Å². The lowest BCUT2D eigenvalue weighted by Gasteiger charge is -2.36. The van der Waals surface area contributed by atoms with Crippen molar-refractivity contribution in [3.8, 4) is 0 Å². The van der Waals surface area contributed by atoms with Gasteiger partial charge in [0.15, 0.2) is 4.99 Å². The number of thioether (sulfide) groups is 1. The first-order chi connectivity index (χ1) is 8.54. The molecule has 1 atom stereocenters. The van der Waals surface area contributed by atoms with Gasteiger partial charge in [0.2, 0.25) is 0 Å². The lowest BCUT2D eigenvalue weighted by Crippen LogP contribution is -2.54. The third kappa shape index (κ3) is 3.54. The van der Waals surface area contributed by atoms with E-state index in [0.29, 0.717) is 12.8 Å². The lowest BCUT2D eigenvalue weighted by molar-refractivity contribution is -0.142. The number of carbonyl (C=O) groups excluding carboxylic acids is 1. The molecule has 0 aromatic heterocycles. The van der Waals surface area contributed by atoms with E-state index in [0.717, 1.165) is 0 Å². The summed E-state index contributed by atoms with van der Waals surface area (Å²) in [6.07, 6.45) is 1.93. The monoisotopic (exact) mass is 276 g/mol. The van der Waals surface area contributed by atoms with Crippen LogP contribution in [0.4, 0.5) is 4.79 Å². The quantitative estimate of drug-likeness (QED) is 0.756. The second kappa shape index (κ2) is 6.50. The Labute approximate surface area is 109 Å². The molecule has 0 saturated carbocycles. The topological polar surface area (TPSA) is 88.1 Å². The average molecular weight is 276 g/mol. The number of carbonyl (C=O) groups is 2. The van der Waals surface area contributed by atoms with Crippen LogP contribution in [0.25, 0.3) is 0 Å². The van der Waals surface area contributed by atoms with Gasteiger partial charge in [0, 0.05) is 19.0 Å². The number of hydrogen-bond acceptors (Lipinski definition) is 6. The molecule has 0 fully saturated rings. The number of ether oxygens (including phenoxy) is 1. The Kier molecular flexibility index (Phi) is 5.29. The minimum atomic E-state index is -0.872. The van der Waals surface area contributed by atoms with Gasteiger partial charge < -0.3 is 9.84 Å². The molecule has 1 heterocycles. The van der Waals surface area contributed by atoms with Crippen molar-refractivity contribution in [1.82, 2.24) is 10.4 Å². The maximum absolute atomic E-state index is 11.4. The molecular weight excluding hydrogens is 260 g/mol. The molecule has 1 rings (SSSR count). The Morgan fingerprint density at radius 2 is 2.22 bits per heavy atom. The van der Waals surface area contributed by atoms with Gasteiger partial charge >= 0.3 is 12.1 Å².